The van der Waals surface area contributed by atoms with Crippen molar-refractivity contribution in [1.82, 2.24) is 0 Å². The molecular formula is C12H11F3O6S. The molecule has 10 heteroatoms. The minimum atomic E-state index is -5.97. The Morgan fingerprint density at radius 3 is 2.36 bits per heavy atom. The fourth-order valence-electron chi connectivity index (χ4n) is 1.50. The fraction of sp³-hybridized carbons (Fsp3) is 0.333. The first-order valence-electron chi connectivity index (χ1n) is 5.81. The first-order valence-corrected chi connectivity index (χ1v) is 7.22. The Hall–Kier alpha value is -2.10. The predicted molar refractivity (Wildman–Crippen MR) is 68.1 cm³/mol. The molecule has 0 atom stereocenters. The summed E-state index contributed by atoms with van der Waals surface area (Å²) in [5, 5.41) is 0. The second-order valence-corrected chi connectivity index (χ2v) is 5.52. The molecule has 0 unspecified atom stereocenters. The summed E-state index contributed by atoms with van der Waals surface area (Å²) in [6, 6.07) is 2.09. The standard InChI is InChI=1S/C12H11F3O6S/c1-3-20-11(17)9-5-4-8(6-16)10(7(9)2)21-22(18,19)12(13,14)15/h4-6H,3H2,1-2H3. The van der Waals surface area contributed by atoms with Crippen LogP contribution in [0.25, 0.3) is 0 Å². The van der Waals surface area contributed by atoms with E-state index in [9.17, 15) is 31.2 Å². The molecule has 0 aromatic heterocycles. The Bertz CT molecular complexity index is 694. The van der Waals surface area contributed by atoms with Crippen LogP contribution in [0.4, 0.5) is 13.2 Å². The lowest BCUT2D eigenvalue weighted by Crippen LogP contribution is -2.29. The molecule has 0 fully saturated rings. The van der Waals surface area contributed by atoms with Gasteiger partial charge >= 0.3 is 21.6 Å². The van der Waals surface area contributed by atoms with Gasteiger partial charge in [-0.2, -0.15) is 21.6 Å². The maximum atomic E-state index is 12.4. The summed E-state index contributed by atoms with van der Waals surface area (Å²) in [5.41, 5.74) is -6.58. The third-order valence-electron chi connectivity index (χ3n) is 2.54. The van der Waals surface area contributed by atoms with E-state index >= 15 is 0 Å². The lowest BCUT2D eigenvalue weighted by atomic mass is 10.0. The van der Waals surface area contributed by atoms with E-state index in [1.54, 1.807) is 0 Å². The summed E-state index contributed by atoms with van der Waals surface area (Å²) in [5.74, 6) is -1.75. The number of esters is 1. The van der Waals surface area contributed by atoms with Crippen molar-refractivity contribution in [2.24, 2.45) is 0 Å². The van der Waals surface area contributed by atoms with E-state index in [0.29, 0.717) is 0 Å². The SMILES string of the molecule is CCOC(=O)c1ccc(C=O)c(OS(=O)(=O)C(F)(F)F)c1C. The smallest absolute Gasteiger partial charge is 0.462 e. The van der Waals surface area contributed by atoms with Crippen molar-refractivity contribution in [1.29, 1.82) is 0 Å². The molecule has 0 N–H and O–H groups in total. The molecular weight excluding hydrogens is 329 g/mol. The molecule has 6 nitrogen and oxygen atoms in total. The summed E-state index contributed by atoms with van der Waals surface area (Å²) in [6.45, 7) is 2.66. The highest BCUT2D eigenvalue weighted by molar-refractivity contribution is 7.88. The van der Waals surface area contributed by atoms with Crippen LogP contribution in [0.15, 0.2) is 12.1 Å². The maximum absolute atomic E-state index is 12.4. The largest absolute Gasteiger partial charge is 0.534 e. The summed E-state index contributed by atoms with van der Waals surface area (Å²) < 4.78 is 67.9. The first kappa shape index (κ1) is 18.0. The highest BCUT2D eigenvalue weighted by Crippen LogP contribution is 2.32. The minimum absolute atomic E-state index is 0.00471. The van der Waals surface area contributed by atoms with E-state index in [2.05, 4.69) is 8.92 Å². The van der Waals surface area contributed by atoms with Gasteiger partial charge in [0, 0.05) is 5.56 Å². The summed E-state index contributed by atoms with van der Waals surface area (Å²) in [4.78, 5) is 22.5. The number of carbonyl (C=O) groups is 2. The van der Waals surface area contributed by atoms with Crippen LogP contribution in [0.1, 0.15) is 33.2 Å². The van der Waals surface area contributed by atoms with E-state index in [4.69, 9.17) is 0 Å². The second kappa shape index (κ2) is 6.34. The molecule has 1 aromatic rings. The van der Waals surface area contributed by atoms with E-state index in [0.717, 1.165) is 19.1 Å². The normalized spacial score (nSPS) is 11.9. The number of rotatable bonds is 5. The molecule has 0 saturated carbocycles. The molecule has 0 bridgehead atoms. The van der Waals surface area contributed by atoms with Crippen molar-refractivity contribution in [2.75, 3.05) is 6.61 Å². The molecule has 0 radical (unpaired) electrons. The third kappa shape index (κ3) is 3.56. The van der Waals surface area contributed by atoms with Crippen LogP contribution in [-0.4, -0.2) is 32.8 Å². The lowest BCUT2D eigenvalue weighted by Gasteiger charge is -2.15. The van der Waals surface area contributed by atoms with E-state index in [1.807, 2.05) is 0 Å². The number of hydrogen-bond acceptors (Lipinski definition) is 6. The number of benzene rings is 1. The van der Waals surface area contributed by atoms with Crippen LogP contribution >= 0.6 is 0 Å². The van der Waals surface area contributed by atoms with Gasteiger partial charge in [-0.3, -0.25) is 4.79 Å². The van der Waals surface area contributed by atoms with Crippen LogP contribution in [0.2, 0.25) is 0 Å². The van der Waals surface area contributed by atoms with E-state index in [-0.39, 0.29) is 24.0 Å². The van der Waals surface area contributed by atoms with Gasteiger partial charge in [-0.1, -0.05) is 0 Å². The minimum Gasteiger partial charge on any atom is -0.462 e. The zero-order valence-electron chi connectivity index (χ0n) is 11.4. The predicted octanol–water partition coefficient (Wildman–Crippen LogP) is 2.21. The number of ether oxygens (including phenoxy) is 1. The van der Waals surface area contributed by atoms with Gasteiger partial charge in [-0.15, -0.1) is 0 Å². The Balaban J connectivity index is 3.43. The number of halogens is 3. The molecule has 0 heterocycles. The molecule has 0 amide bonds. The van der Waals surface area contributed by atoms with Crippen molar-refractivity contribution in [3.05, 3.63) is 28.8 Å². The summed E-state index contributed by atoms with van der Waals surface area (Å²) >= 11 is 0. The van der Waals surface area contributed by atoms with Crippen molar-refractivity contribution in [3.63, 3.8) is 0 Å². The molecule has 0 aliphatic rings. The van der Waals surface area contributed by atoms with Crippen molar-refractivity contribution in [3.8, 4) is 5.75 Å². The topological polar surface area (TPSA) is 86.7 Å². The van der Waals surface area contributed by atoms with Gasteiger partial charge in [0.05, 0.1) is 17.7 Å². The number of alkyl halides is 3. The van der Waals surface area contributed by atoms with Gasteiger partial charge in [0.25, 0.3) is 0 Å². The van der Waals surface area contributed by atoms with E-state index < -0.39 is 32.9 Å². The third-order valence-corrected chi connectivity index (χ3v) is 3.49. The van der Waals surface area contributed by atoms with Gasteiger partial charge in [-0.25, -0.2) is 4.79 Å². The lowest BCUT2D eigenvalue weighted by molar-refractivity contribution is -0.0500. The summed E-state index contributed by atoms with van der Waals surface area (Å²) in [6.07, 6.45) is 0.114. The second-order valence-electron chi connectivity index (χ2n) is 3.98. The van der Waals surface area contributed by atoms with Gasteiger partial charge < -0.3 is 8.92 Å². The van der Waals surface area contributed by atoms with Crippen LogP contribution in [0, 0.1) is 6.92 Å². The summed E-state index contributed by atoms with van der Waals surface area (Å²) in [7, 11) is -5.97. The quantitative estimate of drug-likeness (QED) is 0.353. The number of hydrogen-bond donors (Lipinski definition) is 0. The molecule has 0 aliphatic heterocycles. The zero-order valence-corrected chi connectivity index (χ0v) is 12.2. The molecule has 122 valence electrons. The molecule has 0 aliphatic carbocycles. The van der Waals surface area contributed by atoms with Crippen molar-refractivity contribution < 1.29 is 40.1 Å². The van der Waals surface area contributed by atoms with Crippen LogP contribution in [0.3, 0.4) is 0 Å². The molecule has 0 spiro atoms. The first-order chi connectivity index (χ1) is 10.0. The van der Waals surface area contributed by atoms with Crippen LogP contribution in [-0.2, 0) is 14.9 Å². The Labute approximate surface area is 124 Å². The average molecular weight is 340 g/mol. The molecule has 0 saturated heterocycles. The van der Waals surface area contributed by atoms with Crippen LogP contribution in [0.5, 0.6) is 5.75 Å². The molecule has 1 aromatic carbocycles. The molecule has 1 rings (SSSR count). The molecule has 22 heavy (non-hydrogen) atoms. The van der Waals surface area contributed by atoms with Crippen LogP contribution < -0.4 is 4.18 Å². The maximum Gasteiger partial charge on any atom is 0.534 e. The van der Waals surface area contributed by atoms with Gasteiger partial charge in [0.1, 0.15) is 0 Å². The van der Waals surface area contributed by atoms with Gasteiger partial charge in [-0.05, 0) is 26.0 Å². The highest BCUT2D eigenvalue weighted by Gasteiger charge is 2.49. The van der Waals surface area contributed by atoms with Gasteiger partial charge in [0.2, 0.25) is 0 Å². The van der Waals surface area contributed by atoms with Crippen molar-refractivity contribution in [2.45, 2.75) is 19.4 Å². The average Bonchev–Trinajstić information content (AvgIpc) is 2.39. The number of carbonyl (C=O) groups excluding carboxylic acids is 2. The highest BCUT2D eigenvalue weighted by atomic mass is 32.2. The number of aldehydes is 1. The fourth-order valence-corrected chi connectivity index (χ4v) is 2.04. The van der Waals surface area contributed by atoms with Gasteiger partial charge in [0.15, 0.2) is 12.0 Å². The zero-order chi connectivity index (χ0) is 17.1. The Morgan fingerprint density at radius 2 is 1.91 bits per heavy atom. The Morgan fingerprint density at radius 1 is 1.32 bits per heavy atom. The van der Waals surface area contributed by atoms with Crippen molar-refractivity contribution >= 4 is 22.4 Å². The monoisotopic (exact) mass is 340 g/mol. The van der Waals surface area contributed by atoms with E-state index in [1.165, 1.54) is 6.92 Å². The Kier molecular flexibility index (Phi) is 5.17.